The second-order valence-electron chi connectivity index (χ2n) is 4.55. The van der Waals surface area contributed by atoms with Gasteiger partial charge in [0.05, 0.1) is 11.1 Å². The smallest absolute Gasteiger partial charge is 0.147 e. The molecule has 4 nitrogen and oxygen atoms in total. The van der Waals surface area contributed by atoms with Gasteiger partial charge in [0.2, 0.25) is 0 Å². The molecule has 5 heteroatoms. The van der Waals surface area contributed by atoms with E-state index < -0.39 is 0 Å². The van der Waals surface area contributed by atoms with Crippen molar-refractivity contribution < 1.29 is 5.11 Å². The number of rotatable bonds is 3. The molecule has 1 fully saturated rings. The third-order valence-corrected chi connectivity index (χ3v) is 3.79. The molecule has 1 aliphatic heterocycles. The maximum absolute atomic E-state index is 9.59. The molecule has 3 N–H and O–H groups in total. The second kappa shape index (κ2) is 5.21. The lowest BCUT2D eigenvalue weighted by molar-refractivity contribution is 0.136. The van der Waals surface area contributed by atoms with Crippen LogP contribution >= 0.6 is 11.6 Å². The van der Waals surface area contributed by atoms with Gasteiger partial charge in [-0.05, 0) is 25.0 Å². The Morgan fingerprint density at radius 1 is 1.71 bits per heavy atom. The summed E-state index contributed by atoms with van der Waals surface area (Å²) in [5.41, 5.74) is 6.54. The standard InChI is InChI=1S/C12H18ClN3O/c1-8(17)10-3-5-16(7-10)12-11(13)9(6-14)2-4-15-12/h2,4,8,10,17H,3,5-7,14H2,1H3. The number of aromatic nitrogens is 1. The fourth-order valence-corrected chi connectivity index (χ4v) is 2.53. The highest BCUT2D eigenvalue weighted by Gasteiger charge is 2.28. The van der Waals surface area contributed by atoms with Gasteiger partial charge in [-0.15, -0.1) is 0 Å². The van der Waals surface area contributed by atoms with E-state index in [0.717, 1.165) is 30.9 Å². The summed E-state index contributed by atoms with van der Waals surface area (Å²) in [5, 5.41) is 10.2. The van der Waals surface area contributed by atoms with Gasteiger partial charge in [0.15, 0.2) is 0 Å². The Morgan fingerprint density at radius 3 is 3.06 bits per heavy atom. The van der Waals surface area contributed by atoms with Gasteiger partial charge in [0.25, 0.3) is 0 Å². The van der Waals surface area contributed by atoms with E-state index >= 15 is 0 Å². The molecule has 0 spiro atoms. The van der Waals surface area contributed by atoms with Crippen LogP contribution in [0, 0.1) is 5.92 Å². The summed E-state index contributed by atoms with van der Waals surface area (Å²) in [4.78, 5) is 6.44. The Labute approximate surface area is 106 Å². The van der Waals surface area contributed by atoms with E-state index in [9.17, 15) is 5.11 Å². The van der Waals surface area contributed by atoms with Crippen LogP contribution in [-0.2, 0) is 6.54 Å². The van der Waals surface area contributed by atoms with Gasteiger partial charge in [0.1, 0.15) is 5.82 Å². The molecule has 0 amide bonds. The van der Waals surface area contributed by atoms with E-state index in [1.807, 2.05) is 13.0 Å². The zero-order valence-electron chi connectivity index (χ0n) is 9.93. The van der Waals surface area contributed by atoms with E-state index in [4.69, 9.17) is 17.3 Å². The molecule has 94 valence electrons. The normalized spacial score (nSPS) is 21.9. The van der Waals surface area contributed by atoms with Crippen LogP contribution in [0.4, 0.5) is 5.82 Å². The van der Waals surface area contributed by atoms with Crippen LogP contribution in [0.1, 0.15) is 18.9 Å². The summed E-state index contributed by atoms with van der Waals surface area (Å²) in [6, 6.07) is 1.84. The van der Waals surface area contributed by atoms with Crippen molar-refractivity contribution in [2.45, 2.75) is 26.0 Å². The highest BCUT2D eigenvalue weighted by Crippen LogP contribution is 2.31. The Bertz CT molecular complexity index is 397. The molecule has 1 aromatic rings. The highest BCUT2D eigenvalue weighted by molar-refractivity contribution is 6.33. The van der Waals surface area contributed by atoms with Crippen LogP contribution in [0.15, 0.2) is 12.3 Å². The van der Waals surface area contributed by atoms with E-state index in [-0.39, 0.29) is 6.10 Å². The molecular formula is C12H18ClN3O. The first-order valence-corrected chi connectivity index (χ1v) is 6.27. The quantitative estimate of drug-likeness (QED) is 0.857. The first-order chi connectivity index (χ1) is 8.13. The molecule has 0 radical (unpaired) electrons. The van der Waals surface area contributed by atoms with Crippen LogP contribution in [0.2, 0.25) is 5.02 Å². The van der Waals surface area contributed by atoms with Crippen LogP contribution in [-0.4, -0.2) is 29.3 Å². The van der Waals surface area contributed by atoms with Crippen molar-refractivity contribution in [3.8, 4) is 0 Å². The third kappa shape index (κ3) is 2.54. The van der Waals surface area contributed by atoms with E-state index in [2.05, 4.69) is 9.88 Å². The minimum Gasteiger partial charge on any atom is -0.393 e. The number of hydrogen-bond donors (Lipinski definition) is 2. The minimum atomic E-state index is -0.281. The van der Waals surface area contributed by atoms with Gasteiger partial charge >= 0.3 is 0 Å². The van der Waals surface area contributed by atoms with E-state index in [1.165, 1.54) is 0 Å². The molecule has 0 saturated carbocycles. The number of anilines is 1. The molecule has 17 heavy (non-hydrogen) atoms. The largest absolute Gasteiger partial charge is 0.393 e. The monoisotopic (exact) mass is 255 g/mol. The zero-order chi connectivity index (χ0) is 12.4. The summed E-state index contributed by atoms with van der Waals surface area (Å²) < 4.78 is 0. The van der Waals surface area contributed by atoms with Crippen molar-refractivity contribution in [2.24, 2.45) is 11.7 Å². The summed E-state index contributed by atoms with van der Waals surface area (Å²) in [5.74, 6) is 1.09. The molecule has 1 aromatic heterocycles. The van der Waals surface area contributed by atoms with Gasteiger partial charge in [-0.1, -0.05) is 11.6 Å². The number of nitrogens with two attached hydrogens (primary N) is 1. The average molecular weight is 256 g/mol. The lowest BCUT2D eigenvalue weighted by Crippen LogP contribution is -2.25. The summed E-state index contributed by atoms with van der Waals surface area (Å²) in [6.45, 7) is 3.94. The first-order valence-electron chi connectivity index (χ1n) is 5.90. The van der Waals surface area contributed by atoms with Gasteiger partial charge in [-0.25, -0.2) is 4.98 Å². The number of nitrogens with zero attached hydrogens (tertiary/aromatic N) is 2. The number of halogens is 1. The van der Waals surface area contributed by atoms with Crippen LogP contribution in [0.3, 0.4) is 0 Å². The minimum absolute atomic E-state index is 0.281. The predicted molar refractivity (Wildman–Crippen MR) is 69.1 cm³/mol. The number of hydrogen-bond acceptors (Lipinski definition) is 4. The van der Waals surface area contributed by atoms with Crippen molar-refractivity contribution >= 4 is 17.4 Å². The second-order valence-corrected chi connectivity index (χ2v) is 4.93. The van der Waals surface area contributed by atoms with Crippen molar-refractivity contribution in [1.82, 2.24) is 4.98 Å². The molecule has 2 rings (SSSR count). The Morgan fingerprint density at radius 2 is 2.47 bits per heavy atom. The average Bonchev–Trinajstić information content (AvgIpc) is 2.78. The van der Waals surface area contributed by atoms with Gasteiger partial charge in [0, 0.05) is 31.7 Å². The van der Waals surface area contributed by atoms with E-state index in [1.54, 1.807) is 6.20 Å². The maximum atomic E-state index is 9.59. The van der Waals surface area contributed by atoms with Crippen molar-refractivity contribution in [1.29, 1.82) is 0 Å². The SMILES string of the molecule is CC(O)C1CCN(c2nccc(CN)c2Cl)C1. The van der Waals surface area contributed by atoms with E-state index in [0.29, 0.717) is 17.5 Å². The predicted octanol–water partition coefficient (Wildman–Crippen LogP) is 1.40. The lowest BCUT2D eigenvalue weighted by Gasteiger charge is -2.20. The zero-order valence-corrected chi connectivity index (χ0v) is 10.7. The topological polar surface area (TPSA) is 62.4 Å². The highest BCUT2D eigenvalue weighted by atomic mass is 35.5. The molecule has 2 unspecified atom stereocenters. The molecule has 0 aliphatic carbocycles. The number of aliphatic hydroxyl groups is 1. The van der Waals surface area contributed by atoms with Crippen molar-refractivity contribution in [3.63, 3.8) is 0 Å². The molecule has 2 heterocycles. The van der Waals surface area contributed by atoms with Crippen molar-refractivity contribution in [3.05, 3.63) is 22.8 Å². The van der Waals surface area contributed by atoms with Crippen LogP contribution < -0.4 is 10.6 Å². The molecular weight excluding hydrogens is 238 g/mol. The Kier molecular flexibility index (Phi) is 3.86. The Hall–Kier alpha value is -0.840. The number of aliphatic hydroxyl groups excluding tert-OH is 1. The summed E-state index contributed by atoms with van der Waals surface area (Å²) >= 11 is 6.27. The third-order valence-electron chi connectivity index (χ3n) is 3.38. The van der Waals surface area contributed by atoms with Crippen molar-refractivity contribution in [2.75, 3.05) is 18.0 Å². The molecule has 1 aliphatic rings. The number of pyridine rings is 1. The Balaban J connectivity index is 2.19. The van der Waals surface area contributed by atoms with Gasteiger partial charge in [-0.2, -0.15) is 0 Å². The first kappa shape index (κ1) is 12.6. The summed E-state index contributed by atoms with van der Waals surface area (Å²) in [6.07, 6.45) is 2.43. The fraction of sp³-hybridized carbons (Fsp3) is 0.583. The fourth-order valence-electron chi connectivity index (χ4n) is 2.22. The maximum Gasteiger partial charge on any atom is 0.147 e. The molecule has 2 atom stereocenters. The molecule has 0 aromatic carbocycles. The lowest BCUT2D eigenvalue weighted by atomic mass is 10.0. The van der Waals surface area contributed by atoms with Crippen LogP contribution in [0.25, 0.3) is 0 Å². The van der Waals surface area contributed by atoms with Gasteiger partial charge in [-0.3, -0.25) is 0 Å². The van der Waals surface area contributed by atoms with Crippen LogP contribution in [0.5, 0.6) is 0 Å². The molecule has 1 saturated heterocycles. The molecule has 0 bridgehead atoms. The summed E-state index contributed by atoms with van der Waals surface area (Å²) in [7, 11) is 0. The van der Waals surface area contributed by atoms with Gasteiger partial charge < -0.3 is 15.7 Å².